The highest BCUT2D eigenvalue weighted by Crippen LogP contribution is 2.21. The Labute approximate surface area is 155 Å². The molecule has 0 saturated carbocycles. The molecule has 1 aromatic rings. The summed E-state index contributed by atoms with van der Waals surface area (Å²) in [7, 11) is -2.29. The van der Waals surface area contributed by atoms with Crippen LogP contribution in [-0.2, 0) is 10.0 Å². The van der Waals surface area contributed by atoms with Crippen LogP contribution in [0.4, 0.5) is 0 Å². The third kappa shape index (κ3) is 5.41. The molecule has 0 radical (unpaired) electrons. The molecule has 2 N–H and O–H groups in total. The van der Waals surface area contributed by atoms with Crippen LogP contribution in [0.5, 0.6) is 0 Å². The zero-order chi connectivity index (χ0) is 18.6. The number of carbonyl (C=O) groups is 1. The van der Waals surface area contributed by atoms with Crippen molar-refractivity contribution in [2.45, 2.75) is 25.2 Å². The van der Waals surface area contributed by atoms with Gasteiger partial charge in [-0.15, -0.1) is 0 Å². The van der Waals surface area contributed by atoms with Crippen molar-refractivity contribution in [2.75, 3.05) is 33.2 Å². The van der Waals surface area contributed by atoms with Crippen LogP contribution in [0.25, 0.3) is 0 Å². The summed E-state index contributed by atoms with van der Waals surface area (Å²) in [4.78, 5) is 14.7. The Balaban J connectivity index is 1.98. The summed E-state index contributed by atoms with van der Waals surface area (Å²) < 4.78 is 26.0. The number of hydrogen-bond acceptors (Lipinski definition) is 4. The average Bonchev–Trinajstić information content (AvgIpc) is 2.54. The van der Waals surface area contributed by atoms with Crippen molar-refractivity contribution in [2.24, 2.45) is 11.8 Å². The summed E-state index contributed by atoms with van der Waals surface area (Å²) in [5, 5.41) is 3.06. The normalized spacial score (nSPS) is 21.9. The van der Waals surface area contributed by atoms with Crippen molar-refractivity contribution in [3.05, 3.63) is 28.8 Å². The third-order valence-corrected chi connectivity index (χ3v) is 6.16. The summed E-state index contributed by atoms with van der Waals surface area (Å²) in [6.07, 6.45) is 1.24. The molecule has 140 valence electrons. The Bertz CT molecular complexity index is 714. The van der Waals surface area contributed by atoms with Crippen LogP contribution < -0.4 is 10.0 Å². The summed E-state index contributed by atoms with van der Waals surface area (Å²) in [5.74, 6) is 0.964. The van der Waals surface area contributed by atoms with Gasteiger partial charge in [0.25, 0.3) is 5.91 Å². The smallest absolute Gasteiger partial charge is 0.252 e. The number of nitrogens with one attached hydrogen (secondary N) is 2. The highest BCUT2D eigenvalue weighted by atomic mass is 35.5. The van der Waals surface area contributed by atoms with Gasteiger partial charge in [-0.05, 0) is 43.5 Å². The van der Waals surface area contributed by atoms with Gasteiger partial charge in [-0.1, -0.05) is 25.4 Å². The molecular weight excluding hydrogens is 362 g/mol. The van der Waals surface area contributed by atoms with Crippen molar-refractivity contribution in [3.63, 3.8) is 0 Å². The first-order valence-electron chi connectivity index (χ1n) is 8.46. The topological polar surface area (TPSA) is 78.5 Å². The third-order valence-electron chi connectivity index (χ3n) is 4.42. The predicted molar refractivity (Wildman–Crippen MR) is 99.4 cm³/mol. The van der Waals surface area contributed by atoms with E-state index in [0.717, 1.165) is 19.6 Å². The molecule has 2 rings (SSSR count). The SMILES string of the molecule is CNS(=O)(=O)c1ccc(Cl)c(C(=O)NCCN2CC(C)CC(C)C2)c1. The van der Waals surface area contributed by atoms with Gasteiger partial charge in [-0.3, -0.25) is 4.79 Å². The second-order valence-corrected chi connectivity index (χ2v) is 9.10. The van der Waals surface area contributed by atoms with E-state index in [1.165, 1.54) is 31.7 Å². The zero-order valence-corrected chi connectivity index (χ0v) is 16.5. The van der Waals surface area contributed by atoms with Gasteiger partial charge < -0.3 is 10.2 Å². The van der Waals surface area contributed by atoms with Gasteiger partial charge in [0, 0.05) is 26.2 Å². The lowest BCUT2D eigenvalue weighted by Gasteiger charge is -2.34. The van der Waals surface area contributed by atoms with E-state index in [9.17, 15) is 13.2 Å². The Kier molecular flexibility index (Phi) is 6.85. The molecule has 1 aliphatic heterocycles. The van der Waals surface area contributed by atoms with Gasteiger partial charge in [0.15, 0.2) is 0 Å². The number of benzene rings is 1. The van der Waals surface area contributed by atoms with Crippen LogP contribution in [0.3, 0.4) is 0 Å². The first kappa shape index (κ1) is 20.2. The molecule has 25 heavy (non-hydrogen) atoms. The molecule has 0 bridgehead atoms. The van der Waals surface area contributed by atoms with Gasteiger partial charge >= 0.3 is 0 Å². The largest absolute Gasteiger partial charge is 0.351 e. The monoisotopic (exact) mass is 387 g/mol. The first-order chi connectivity index (χ1) is 11.7. The average molecular weight is 388 g/mol. The summed E-state index contributed by atoms with van der Waals surface area (Å²) in [6, 6.07) is 4.10. The lowest BCUT2D eigenvalue weighted by atomic mass is 9.92. The molecule has 1 saturated heterocycles. The fraction of sp³-hybridized carbons (Fsp3) is 0.588. The van der Waals surface area contributed by atoms with Crippen molar-refractivity contribution >= 4 is 27.5 Å². The molecule has 1 aromatic carbocycles. The molecular formula is C17H26ClN3O3S. The number of carbonyl (C=O) groups excluding carboxylic acids is 1. The molecule has 1 aliphatic rings. The molecule has 0 aromatic heterocycles. The number of sulfonamides is 1. The quantitative estimate of drug-likeness (QED) is 0.782. The number of rotatable bonds is 6. The highest BCUT2D eigenvalue weighted by molar-refractivity contribution is 7.89. The minimum atomic E-state index is -3.62. The van der Waals surface area contributed by atoms with Crippen LogP contribution in [-0.4, -0.2) is 52.5 Å². The molecule has 6 nitrogen and oxygen atoms in total. The van der Waals surface area contributed by atoms with E-state index in [1.54, 1.807) is 0 Å². The lowest BCUT2D eigenvalue weighted by Crippen LogP contribution is -2.42. The maximum atomic E-state index is 12.4. The van der Waals surface area contributed by atoms with Crippen molar-refractivity contribution in [1.82, 2.24) is 14.9 Å². The van der Waals surface area contributed by atoms with Crippen molar-refractivity contribution in [3.8, 4) is 0 Å². The van der Waals surface area contributed by atoms with Crippen LogP contribution >= 0.6 is 11.6 Å². The molecule has 2 atom stereocenters. The first-order valence-corrected chi connectivity index (χ1v) is 10.3. The van der Waals surface area contributed by atoms with Gasteiger partial charge in [0.1, 0.15) is 0 Å². The van der Waals surface area contributed by atoms with Crippen molar-refractivity contribution < 1.29 is 13.2 Å². The Hall–Kier alpha value is -1.15. The van der Waals surface area contributed by atoms with E-state index in [4.69, 9.17) is 11.6 Å². The van der Waals surface area contributed by atoms with Gasteiger partial charge in [-0.25, -0.2) is 13.1 Å². The summed E-state index contributed by atoms with van der Waals surface area (Å²) in [6.45, 7) is 7.83. The standard InChI is InChI=1S/C17H26ClN3O3S/c1-12-8-13(2)11-21(10-12)7-6-20-17(22)15-9-14(4-5-16(15)18)25(23,24)19-3/h4-5,9,12-13,19H,6-8,10-11H2,1-3H3,(H,20,22). The Morgan fingerprint density at radius 1 is 1.28 bits per heavy atom. The van der Waals surface area contributed by atoms with Crippen LogP contribution in [0, 0.1) is 11.8 Å². The number of amides is 1. The number of likely N-dealkylation sites (tertiary alicyclic amines) is 1. The molecule has 1 amide bonds. The molecule has 1 heterocycles. The minimum absolute atomic E-state index is 0.0169. The fourth-order valence-electron chi connectivity index (χ4n) is 3.36. The Morgan fingerprint density at radius 2 is 1.92 bits per heavy atom. The minimum Gasteiger partial charge on any atom is -0.351 e. The van der Waals surface area contributed by atoms with E-state index in [-0.39, 0.29) is 21.4 Å². The second-order valence-electron chi connectivity index (χ2n) is 6.81. The second kappa shape index (κ2) is 8.49. The maximum Gasteiger partial charge on any atom is 0.252 e. The highest BCUT2D eigenvalue weighted by Gasteiger charge is 2.22. The fourth-order valence-corrected chi connectivity index (χ4v) is 4.32. The van der Waals surface area contributed by atoms with Crippen LogP contribution in [0.1, 0.15) is 30.6 Å². The molecule has 8 heteroatoms. The number of piperidine rings is 1. The van der Waals surface area contributed by atoms with E-state index in [2.05, 4.69) is 28.8 Å². The Morgan fingerprint density at radius 3 is 2.52 bits per heavy atom. The van der Waals surface area contributed by atoms with Crippen LogP contribution in [0.15, 0.2) is 23.1 Å². The number of nitrogens with zero attached hydrogens (tertiary/aromatic N) is 1. The van der Waals surface area contributed by atoms with Gasteiger partial charge in [0.2, 0.25) is 10.0 Å². The van der Waals surface area contributed by atoms with Crippen LogP contribution in [0.2, 0.25) is 5.02 Å². The van der Waals surface area contributed by atoms with Crippen molar-refractivity contribution in [1.29, 1.82) is 0 Å². The van der Waals surface area contributed by atoms with E-state index < -0.39 is 10.0 Å². The summed E-state index contributed by atoms with van der Waals surface area (Å²) >= 11 is 6.06. The molecule has 0 aliphatic carbocycles. The number of halogens is 1. The number of hydrogen-bond donors (Lipinski definition) is 2. The van der Waals surface area contributed by atoms with E-state index >= 15 is 0 Å². The molecule has 0 spiro atoms. The maximum absolute atomic E-state index is 12.4. The predicted octanol–water partition coefficient (Wildman–Crippen LogP) is 1.96. The van der Waals surface area contributed by atoms with E-state index in [1.807, 2.05) is 0 Å². The lowest BCUT2D eigenvalue weighted by molar-refractivity contribution is 0.0936. The van der Waals surface area contributed by atoms with Gasteiger partial charge in [0.05, 0.1) is 15.5 Å². The van der Waals surface area contributed by atoms with E-state index in [0.29, 0.717) is 18.4 Å². The summed E-state index contributed by atoms with van der Waals surface area (Å²) in [5.41, 5.74) is 0.165. The van der Waals surface area contributed by atoms with Gasteiger partial charge in [-0.2, -0.15) is 0 Å². The molecule has 1 fully saturated rings. The zero-order valence-electron chi connectivity index (χ0n) is 14.9. The molecule has 2 unspecified atom stereocenters.